The fraction of sp³-hybridized carbons (Fsp3) is 0.235. The fourth-order valence-corrected chi connectivity index (χ4v) is 3.14. The second kappa shape index (κ2) is 8.96. The molecule has 6 nitrogen and oxygen atoms in total. The summed E-state index contributed by atoms with van der Waals surface area (Å²) in [6, 6.07) is 10.0. The number of nitro benzene ring substituents is 1. The van der Waals surface area contributed by atoms with Crippen LogP contribution in [0.15, 0.2) is 45.3 Å². The van der Waals surface area contributed by atoms with E-state index in [9.17, 15) is 14.9 Å². The number of amides is 1. The molecule has 0 saturated heterocycles. The molecule has 0 saturated carbocycles. The van der Waals surface area contributed by atoms with Gasteiger partial charge in [0.15, 0.2) is 0 Å². The molecule has 0 radical (unpaired) electrons. The summed E-state index contributed by atoms with van der Waals surface area (Å²) in [5, 5.41) is 13.4. The number of benzene rings is 2. The Balaban J connectivity index is 1.80. The van der Waals surface area contributed by atoms with E-state index in [-0.39, 0.29) is 18.0 Å². The Kier molecular flexibility index (Phi) is 6.95. The number of aryl methyl sites for hydroxylation is 1. The van der Waals surface area contributed by atoms with Crippen molar-refractivity contribution in [2.75, 3.05) is 11.9 Å². The number of nitrogens with zero attached hydrogens (tertiary/aromatic N) is 1. The van der Waals surface area contributed by atoms with Gasteiger partial charge in [0, 0.05) is 23.0 Å². The third-order valence-corrected chi connectivity index (χ3v) is 4.61. The Morgan fingerprint density at radius 1 is 1.20 bits per heavy atom. The van der Waals surface area contributed by atoms with Crippen molar-refractivity contribution in [1.82, 2.24) is 0 Å². The van der Waals surface area contributed by atoms with Gasteiger partial charge in [0.05, 0.1) is 21.7 Å². The molecule has 0 aliphatic rings. The third kappa shape index (κ3) is 5.82. The Morgan fingerprint density at radius 3 is 2.60 bits per heavy atom. The van der Waals surface area contributed by atoms with E-state index in [1.54, 1.807) is 0 Å². The fourth-order valence-electron chi connectivity index (χ4n) is 2.07. The first-order valence-electron chi connectivity index (χ1n) is 7.49. The molecule has 132 valence electrons. The number of hydrogen-bond donors (Lipinski definition) is 1. The predicted octanol–water partition coefficient (Wildman–Crippen LogP) is 5.23. The molecule has 1 N–H and O–H groups in total. The molecule has 2 rings (SSSR count). The number of hydrogen-bond acceptors (Lipinski definition) is 4. The molecule has 0 spiro atoms. The summed E-state index contributed by atoms with van der Waals surface area (Å²) in [5.74, 6) is 0.560. The zero-order chi connectivity index (χ0) is 18.4. The van der Waals surface area contributed by atoms with Gasteiger partial charge in [0.1, 0.15) is 5.75 Å². The van der Waals surface area contributed by atoms with E-state index in [2.05, 4.69) is 37.2 Å². The highest BCUT2D eigenvalue weighted by Gasteiger charge is 2.11. The van der Waals surface area contributed by atoms with Crippen LogP contribution in [0.1, 0.15) is 18.4 Å². The predicted molar refractivity (Wildman–Crippen MR) is 103 cm³/mol. The molecule has 2 aromatic rings. The summed E-state index contributed by atoms with van der Waals surface area (Å²) in [7, 11) is 0. The van der Waals surface area contributed by atoms with Crippen molar-refractivity contribution in [3.8, 4) is 5.75 Å². The molecule has 1 amide bonds. The zero-order valence-corrected chi connectivity index (χ0v) is 16.6. The van der Waals surface area contributed by atoms with Gasteiger partial charge in [-0.1, -0.05) is 6.07 Å². The molecular formula is C17H16Br2N2O4. The largest absolute Gasteiger partial charge is 0.492 e. The summed E-state index contributed by atoms with van der Waals surface area (Å²) in [6.07, 6.45) is 0.837. The first-order chi connectivity index (χ1) is 11.9. The third-order valence-electron chi connectivity index (χ3n) is 3.33. The SMILES string of the molecule is Cc1ccc(OCCCC(=O)Nc2ccc([N+](=O)[O-])cc2Br)c(Br)c1. The van der Waals surface area contributed by atoms with Gasteiger partial charge < -0.3 is 10.1 Å². The molecule has 2 aromatic carbocycles. The molecule has 0 aliphatic heterocycles. The van der Waals surface area contributed by atoms with Crippen LogP contribution in [0.4, 0.5) is 11.4 Å². The first-order valence-corrected chi connectivity index (χ1v) is 9.08. The van der Waals surface area contributed by atoms with Crippen LogP contribution in [0, 0.1) is 17.0 Å². The number of ether oxygens (including phenoxy) is 1. The summed E-state index contributed by atoms with van der Waals surface area (Å²) >= 11 is 6.66. The minimum absolute atomic E-state index is 0.0399. The smallest absolute Gasteiger partial charge is 0.270 e. The molecule has 25 heavy (non-hydrogen) atoms. The number of anilines is 1. The Bertz CT molecular complexity index is 796. The average Bonchev–Trinajstić information content (AvgIpc) is 2.55. The van der Waals surface area contributed by atoms with Crippen molar-refractivity contribution in [2.45, 2.75) is 19.8 Å². The van der Waals surface area contributed by atoms with E-state index in [0.717, 1.165) is 15.8 Å². The molecule has 0 aliphatic carbocycles. The maximum atomic E-state index is 12.0. The second-order valence-electron chi connectivity index (χ2n) is 5.36. The van der Waals surface area contributed by atoms with Crippen LogP contribution in [0.5, 0.6) is 5.75 Å². The van der Waals surface area contributed by atoms with Gasteiger partial charge in [0.25, 0.3) is 5.69 Å². The molecule has 0 heterocycles. The van der Waals surface area contributed by atoms with Gasteiger partial charge in [-0.05, 0) is 69.0 Å². The van der Waals surface area contributed by atoms with Crippen LogP contribution >= 0.6 is 31.9 Å². The number of non-ortho nitro benzene ring substituents is 1. The van der Waals surface area contributed by atoms with Crippen molar-refractivity contribution in [3.05, 3.63) is 61.0 Å². The van der Waals surface area contributed by atoms with Crippen LogP contribution in [0.2, 0.25) is 0 Å². The van der Waals surface area contributed by atoms with Gasteiger partial charge in [-0.2, -0.15) is 0 Å². The second-order valence-corrected chi connectivity index (χ2v) is 7.06. The van der Waals surface area contributed by atoms with Gasteiger partial charge in [0.2, 0.25) is 5.91 Å². The summed E-state index contributed by atoms with van der Waals surface area (Å²) in [5.41, 5.74) is 1.59. The molecule has 0 fully saturated rings. The highest BCUT2D eigenvalue weighted by molar-refractivity contribution is 9.11. The lowest BCUT2D eigenvalue weighted by atomic mass is 10.2. The molecular weight excluding hydrogens is 456 g/mol. The number of carbonyl (C=O) groups is 1. The maximum absolute atomic E-state index is 12.0. The van der Waals surface area contributed by atoms with Crippen molar-refractivity contribution in [1.29, 1.82) is 0 Å². The number of nitro groups is 1. The van der Waals surface area contributed by atoms with Crippen molar-refractivity contribution in [2.24, 2.45) is 0 Å². The van der Waals surface area contributed by atoms with Crippen LogP contribution in [0.3, 0.4) is 0 Å². The van der Waals surface area contributed by atoms with Gasteiger partial charge in [-0.25, -0.2) is 0 Å². The topological polar surface area (TPSA) is 81.5 Å². The van der Waals surface area contributed by atoms with Crippen molar-refractivity contribution in [3.63, 3.8) is 0 Å². The quantitative estimate of drug-likeness (QED) is 0.340. The number of rotatable bonds is 7. The van der Waals surface area contributed by atoms with E-state index in [4.69, 9.17) is 4.74 Å². The highest BCUT2D eigenvalue weighted by atomic mass is 79.9. The van der Waals surface area contributed by atoms with Crippen LogP contribution in [0.25, 0.3) is 0 Å². The molecule has 0 atom stereocenters. The minimum atomic E-state index is -0.489. The van der Waals surface area contributed by atoms with Crippen LogP contribution in [-0.4, -0.2) is 17.4 Å². The van der Waals surface area contributed by atoms with Crippen LogP contribution < -0.4 is 10.1 Å². The molecule has 0 unspecified atom stereocenters. The van der Waals surface area contributed by atoms with E-state index in [1.165, 1.54) is 18.2 Å². The number of halogens is 2. The van der Waals surface area contributed by atoms with Gasteiger partial charge in [-0.3, -0.25) is 14.9 Å². The van der Waals surface area contributed by atoms with E-state index in [1.807, 2.05) is 25.1 Å². The molecule has 0 aromatic heterocycles. The highest BCUT2D eigenvalue weighted by Crippen LogP contribution is 2.28. The Labute approximate surface area is 162 Å². The summed E-state index contributed by atoms with van der Waals surface area (Å²) in [6.45, 7) is 2.41. The van der Waals surface area contributed by atoms with E-state index in [0.29, 0.717) is 23.2 Å². The Morgan fingerprint density at radius 2 is 1.96 bits per heavy atom. The zero-order valence-electron chi connectivity index (χ0n) is 13.4. The van der Waals surface area contributed by atoms with Crippen LogP contribution in [-0.2, 0) is 4.79 Å². The lowest BCUT2D eigenvalue weighted by Gasteiger charge is -2.10. The first kappa shape index (κ1) is 19.4. The minimum Gasteiger partial charge on any atom is -0.492 e. The molecule has 0 bridgehead atoms. The standard InChI is InChI=1S/C17H16Br2N2O4/c1-11-4-7-16(14(19)9-11)25-8-2-3-17(22)20-15-6-5-12(21(23)24)10-13(15)18/h4-7,9-10H,2-3,8H2,1H3,(H,20,22). The Hall–Kier alpha value is -1.93. The number of nitrogens with one attached hydrogen (secondary N) is 1. The lowest BCUT2D eigenvalue weighted by molar-refractivity contribution is -0.384. The van der Waals surface area contributed by atoms with Gasteiger partial charge >= 0.3 is 0 Å². The maximum Gasteiger partial charge on any atom is 0.270 e. The van der Waals surface area contributed by atoms with Crippen molar-refractivity contribution >= 4 is 49.1 Å². The summed E-state index contributed by atoms with van der Waals surface area (Å²) in [4.78, 5) is 22.2. The number of carbonyl (C=O) groups excluding carboxylic acids is 1. The molecule has 8 heteroatoms. The van der Waals surface area contributed by atoms with Crippen molar-refractivity contribution < 1.29 is 14.5 Å². The summed E-state index contributed by atoms with van der Waals surface area (Å²) < 4.78 is 7.00. The van der Waals surface area contributed by atoms with E-state index < -0.39 is 4.92 Å². The van der Waals surface area contributed by atoms with Gasteiger partial charge in [-0.15, -0.1) is 0 Å². The normalized spacial score (nSPS) is 10.4. The lowest BCUT2D eigenvalue weighted by Crippen LogP contribution is -2.13. The van der Waals surface area contributed by atoms with E-state index >= 15 is 0 Å². The monoisotopic (exact) mass is 470 g/mol. The average molecular weight is 472 g/mol.